The summed E-state index contributed by atoms with van der Waals surface area (Å²) < 4.78 is 28.9. The van der Waals surface area contributed by atoms with E-state index < -0.39 is 9.84 Å². The van der Waals surface area contributed by atoms with Crippen LogP contribution in [0.2, 0.25) is 0 Å². The minimum absolute atomic E-state index is 0.0418. The summed E-state index contributed by atoms with van der Waals surface area (Å²) in [6, 6.07) is 14.3. The van der Waals surface area contributed by atoms with E-state index in [1.165, 1.54) is 0 Å². The quantitative estimate of drug-likeness (QED) is 0.530. The lowest BCUT2D eigenvalue weighted by Gasteiger charge is -2.10. The lowest BCUT2D eigenvalue weighted by molar-refractivity contribution is 0.525. The maximum atomic E-state index is 13.5. The third kappa shape index (κ3) is 3.35. The number of fused-ring (bicyclic) bond motifs is 2. The summed E-state index contributed by atoms with van der Waals surface area (Å²) in [4.78, 5) is 9.63. The molecular formula is C22H24N4O2S. The van der Waals surface area contributed by atoms with Gasteiger partial charge in [0.15, 0.2) is 5.65 Å². The molecule has 4 rings (SSSR count). The Bertz CT molecular complexity index is 1320. The van der Waals surface area contributed by atoms with Crippen LogP contribution in [-0.4, -0.2) is 23.0 Å². The predicted molar refractivity (Wildman–Crippen MR) is 116 cm³/mol. The monoisotopic (exact) mass is 408 g/mol. The van der Waals surface area contributed by atoms with E-state index in [0.29, 0.717) is 34.7 Å². The second-order valence-corrected chi connectivity index (χ2v) is 9.64. The van der Waals surface area contributed by atoms with Crippen molar-refractivity contribution in [2.24, 2.45) is 5.92 Å². The third-order valence-electron chi connectivity index (χ3n) is 5.04. The first kappa shape index (κ1) is 19.4. The zero-order chi connectivity index (χ0) is 20.8. The van der Waals surface area contributed by atoms with Crippen LogP contribution in [0, 0.1) is 12.8 Å². The second-order valence-electron chi connectivity index (χ2n) is 7.75. The molecule has 2 aromatic carbocycles. The van der Waals surface area contributed by atoms with Crippen molar-refractivity contribution >= 4 is 37.9 Å². The highest BCUT2D eigenvalue weighted by Gasteiger charge is 2.30. The Kier molecular flexibility index (Phi) is 4.78. The maximum absolute atomic E-state index is 13.5. The van der Waals surface area contributed by atoms with Gasteiger partial charge in [-0.05, 0) is 49.1 Å². The molecule has 0 unspecified atom stereocenters. The molecule has 2 N–H and O–H groups in total. The number of nitrogens with zero attached hydrogens (tertiary/aromatic N) is 3. The summed E-state index contributed by atoms with van der Waals surface area (Å²) in [5.74, 6) is 0.634. The fraction of sp³-hybridized carbons (Fsp3) is 0.273. The van der Waals surface area contributed by atoms with Gasteiger partial charge in [-0.15, -0.1) is 0 Å². The van der Waals surface area contributed by atoms with E-state index in [-0.39, 0.29) is 15.6 Å². The number of nitrogens with two attached hydrogens (primary N) is 1. The average molecular weight is 409 g/mol. The largest absolute Gasteiger partial charge is 0.384 e. The SMILES string of the molecule is Cc1cccc(S(=O)(=O)c2c(N)n(CCC(C)C)c3nc4ccccc4nc23)c1. The Morgan fingerprint density at radius 2 is 1.72 bits per heavy atom. The number of para-hydroxylation sites is 2. The first-order valence-corrected chi connectivity index (χ1v) is 11.1. The number of aromatic nitrogens is 3. The van der Waals surface area contributed by atoms with Crippen LogP contribution < -0.4 is 5.73 Å². The lowest BCUT2D eigenvalue weighted by Crippen LogP contribution is -2.09. The topological polar surface area (TPSA) is 90.9 Å². The highest BCUT2D eigenvalue weighted by Crippen LogP contribution is 2.35. The fourth-order valence-electron chi connectivity index (χ4n) is 3.47. The molecule has 150 valence electrons. The van der Waals surface area contributed by atoms with Crippen molar-refractivity contribution in [3.8, 4) is 0 Å². The average Bonchev–Trinajstić information content (AvgIpc) is 2.95. The summed E-state index contributed by atoms with van der Waals surface area (Å²) in [7, 11) is -3.85. The fourth-order valence-corrected chi connectivity index (χ4v) is 5.08. The number of nitrogen functional groups attached to an aromatic ring is 1. The van der Waals surface area contributed by atoms with Crippen molar-refractivity contribution in [3.05, 3.63) is 54.1 Å². The highest BCUT2D eigenvalue weighted by atomic mass is 32.2. The van der Waals surface area contributed by atoms with Crippen molar-refractivity contribution in [2.45, 2.75) is 43.5 Å². The van der Waals surface area contributed by atoms with Gasteiger partial charge in [-0.2, -0.15) is 0 Å². The van der Waals surface area contributed by atoms with Crippen LogP contribution in [0.3, 0.4) is 0 Å². The summed E-state index contributed by atoms with van der Waals surface area (Å²) >= 11 is 0. The molecule has 0 saturated heterocycles. The summed E-state index contributed by atoms with van der Waals surface area (Å²) in [5, 5.41) is 0. The van der Waals surface area contributed by atoms with Gasteiger partial charge in [-0.3, -0.25) is 0 Å². The maximum Gasteiger partial charge on any atom is 0.212 e. The number of anilines is 1. The number of aryl methyl sites for hydroxylation is 2. The van der Waals surface area contributed by atoms with Gasteiger partial charge in [0.05, 0.1) is 15.9 Å². The molecule has 29 heavy (non-hydrogen) atoms. The normalized spacial score (nSPS) is 12.3. The number of hydrogen-bond donors (Lipinski definition) is 1. The molecule has 0 fully saturated rings. The molecule has 7 heteroatoms. The predicted octanol–water partition coefficient (Wildman–Crippen LogP) is 4.35. The van der Waals surface area contributed by atoms with Gasteiger partial charge in [-0.1, -0.05) is 38.1 Å². The van der Waals surface area contributed by atoms with Crippen molar-refractivity contribution in [3.63, 3.8) is 0 Å². The third-order valence-corrected chi connectivity index (χ3v) is 6.86. The zero-order valence-corrected chi connectivity index (χ0v) is 17.6. The molecule has 0 spiro atoms. The molecule has 2 aromatic heterocycles. The molecule has 0 aliphatic heterocycles. The number of rotatable bonds is 5. The minimum Gasteiger partial charge on any atom is -0.384 e. The first-order valence-electron chi connectivity index (χ1n) is 9.65. The Morgan fingerprint density at radius 1 is 1.03 bits per heavy atom. The van der Waals surface area contributed by atoms with E-state index >= 15 is 0 Å². The van der Waals surface area contributed by atoms with Gasteiger partial charge >= 0.3 is 0 Å². The summed E-state index contributed by atoms with van der Waals surface area (Å²) in [6.07, 6.45) is 0.854. The minimum atomic E-state index is -3.85. The molecule has 0 radical (unpaired) electrons. The van der Waals surface area contributed by atoms with Gasteiger partial charge in [0.1, 0.15) is 16.2 Å². The van der Waals surface area contributed by atoms with Gasteiger partial charge in [0, 0.05) is 6.54 Å². The second kappa shape index (κ2) is 7.15. The Hall–Kier alpha value is -2.93. The van der Waals surface area contributed by atoms with E-state index in [0.717, 1.165) is 12.0 Å². The van der Waals surface area contributed by atoms with E-state index in [4.69, 9.17) is 10.7 Å². The van der Waals surface area contributed by atoms with Crippen LogP contribution in [0.15, 0.2) is 58.3 Å². The zero-order valence-electron chi connectivity index (χ0n) is 16.8. The number of sulfone groups is 1. The summed E-state index contributed by atoms with van der Waals surface area (Å²) in [6.45, 7) is 6.68. The van der Waals surface area contributed by atoms with Crippen LogP contribution in [0.5, 0.6) is 0 Å². The molecule has 0 atom stereocenters. The van der Waals surface area contributed by atoms with Gasteiger partial charge in [0.25, 0.3) is 0 Å². The molecule has 0 aliphatic carbocycles. The molecule has 0 saturated carbocycles. The van der Waals surface area contributed by atoms with Gasteiger partial charge in [-0.25, -0.2) is 18.4 Å². The van der Waals surface area contributed by atoms with Crippen LogP contribution in [0.25, 0.3) is 22.2 Å². The molecule has 0 bridgehead atoms. The molecule has 2 heterocycles. The van der Waals surface area contributed by atoms with Gasteiger partial charge < -0.3 is 10.3 Å². The van der Waals surface area contributed by atoms with Crippen molar-refractivity contribution in [2.75, 3.05) is 5.73 Å². The summed E-state index contributed by atoms with van der Waals surface area (Å²) in [5.41, 5.74) is 9.48. The number of benzene rings is 2. The molecule has 4 aromatic rings. The van der Waals surface area contributed by atoms with Crippen molar-refractivity contribution < 1.29 is 8.42 Å². The van der Waals surface area contributed by atoms with Crippen LogP contribution in [-0.2, 0) is 16.4 Å². The van der Waals surface area contributed by atoms with Crippen LogP contribution >= 0.6 is 0 Å². The van der Waals surface area contributed by atoms with Crippen LogP contribution in [0.1, 0.15) is 25.8 Å². The van der Waals surface area contributed by atoms with E-state index in [9.17, 15) is 8.42 Å². The van der Waals surface area contributed by atoms with E-state index in [1.54, 1.807) is 22.8 Å². The number of hydrogen-bond acceptors (Lipinski definition) is 5. The lowest BCUT2D eigenvalue weighted by atomic mass is 10.1. The Morgan fingerprint density at radius 3 is 2.38 bits per heavy atom. The standard InChI is InChI=1S/C22H24N4O2S/c1-14(2)11-12-26-21(23)20(29(27,28)16-8-6-7-15(3)13-16)19-22(26)25-18-10-5-4-9-17(18)24-19/h4-10,13-14H,11-12,23H2,1-3H3. The molecule has 0 amide bonds. The van der Waals surface area contributed by atoms with Crippen LogP contribution in [0.4, 0.5) is 5.82 Å². The molecule has 6 nitrogen and oxygen atoms in total. The highest BCUT2D eigenvalue weighted by molar-refractivity contribution is 7.92. The van der Waals surface area contributed by atoms with Crippen molar-refractivity contribution in [1.29, 1.82) is 0 Å². The van der Waals surface area contributed by atoms with E-state index in [1.807, 2.05) is 37.3 Å². The first-order chi connectivity index (χ1) is 13.8. The Labute approximate surface area is 170 Å². The van der Waals surface area contributed by atoms with E-state index in [2.05, 4.69) is 18.8 Å². The van der Waals surface area contributed by atoms with Gasteiger partial charge in [0.2, 0.25) is 9.84 Å². The Balaban J connectivity index is 2.04. The smallest absolute Gasteiger partial charge is 0.212 e. The van der Waals surface area contributed by atoms with Crippen molar-refractivity contribution in [1.82, 2.24) is 14.5 Å². The molecule has 0 aliphatic rings. The molecular weight excluding hydrogens is 384 g/mol.